The molecule has 4 rings (SSSR count). The number of amides is 1. The summed E-state index contributed by atoms with van der Waals surface area (Å²) in [4.78, 5) is 26.5. The molecule has 0 radical (unpaired) electrons. The van der Waals surface area contributed by atoms with Gasteiger partial charge >= 0.3 is 5.97 Å². The number of hydrogen-bond acceptors (Lipinski definition) is 4. The zero-order chi connectivity index (χ0) is 20.8. The van der Waals surface area contributed by atoms with Gasteiger partial charge in [0.15, 0.2) is 6.61 Å². The fraction of sp³-hybridized carbons (Fsp3) is 0.292. The Hall–Kier alpha value is -3.41. The molecule has 1 aliphatic rings. The van der Waals surface area contributed by atoms with Crippen LogP contribution < -0.4 is 0 Å². The zero-order valence-corrected chi connectivity index (χ0v) is 16.8. The maximum absolute atomic E-state index is 12.4. The average molecular weight is 403 g/mol. The number of carbonyl (C=O) groups excluding carboxylic acids is 2. The van der Waals surface area contributed by atoms with Crippen molar-refractivity contribution < 1.29 is 14.3 Å². The van der Waals surface area contributed by atoms with Gasteiger partial charge in [-0.15, -0.1) is 0 Å². The molecule has 0 bridgehead atoms. The van der Waals surface area contributed by atoms with Gasteiger partial charge in [-0.05, 0) is 36.8 Å². The number of esters is 1. The Kier molecular flexibility index (Phi) is 6.23. The topological polar surface area (TPSA) is 75.3 Å². The van der Waals surface area contributed by atoms with Crippen LogP contribution in [0, 0.1) is 5.92 Å². The van der Waals surface area contributed by atoms with Gasteiger partial charge in [0.2, 0.25) is 0 Å². The van der Waals surface area contributed by atoms with E-state index in [0.29, 0.717) is 24.7 Å². The van der Waals surface area contributed by atoms with Gasteiger partial charge in [0.1, 0.15) is 5.69 Å². The summed E-state index contributed by atoms with van der Waals surface area (Å²) < 4.78 is 5.21. The lowest BCUT2D eigenvalue weighted by Gasteiger charge is -2.32. The van der Waals surface area contributed by atoms with Crippen molar-refractivity contribution in [3.63, 3.8) is 0 Å². The minimum Gasteiger partial charge on any atom is -0.451 e. The van der Waals surface area contributed by atoms with Crippen molar-refractivity contribution >= 4 is 11.9 Å². The van der Waals surface area contributed by atoms with Gasteiger partial charge in [0, 0.05) is 18.7 Å². The third-order valence-electron chi connectivity index (χ3n) is 5.53. The summed E-state index contributed by atoms with van der Waals surface area (Å²) in [5, 5.41) is 6.83. The molecule has 1 amide bonds. The number of H-pyrrole nitrogens is 1. The van der Waals surface area contributed by atoms with Crippen molar-refractivity contribution in [1.82, 2.24) is 15.1 Å². The molecule has 30 heavy (non-hydrogen) atoms. The number of aromatic amines is 1. The van der Waals surface area contributed by atoms with Gasteiger partial charge in [0.25, 0.3) is 5.91 Å². The smallest absolute Gasteiger partial charge is 0.356 e. The Morgan fingerprint density at radius 2 is 1.67 bits per heavy atom. The van der Waals surface area contributed by atoms with Crippen molar-refractivity contribution in [3.8, 4) is 11.3 Å². The second-order valence-electron chi connectivity index (χ2n) is 7.62. The first-order valence-electron chi connectivity index (χ1n) is 10.3. The molecule has 2 heterocycles. The maximum atomic E-state index is 12.4. The monoisotopic (exact) mass is 403 g/mol. The highest BCUT2D eigenvalue weighted by atomic mass is 16.5. The van der Waals surface area contributed by atoms with Gasteiger partial charge in [0.05, 0.1) is 5.69 Å². The standard InChI is InChI=1S/C24H25N3O3/c28-23(27-13-11-19(12-14-27)15-18-7-3-1-4-8-18)17-30-24(29)22-16-21(25-26-22)20-9-5-2-6-10-20/h1-10,16,19H,11-15,17H2,(H,25,26). The molecule has 0 unspecified atom stereocenters. The van der Waals surface area contributed by atoms with Crippen molar-refractivity contribution in [2.45, 2.75) is 19.3 Å². The first kappa shape index (κ1) is 19.9. The summed E-state index contributed by atoms with van der Waals surface area (Å²) in [6.07, 6.45) is 2.98. The van der Waals surface area contributed by atoms with Crippen molar-refractivity contribution in [2.75, 3.05) is 19.7 Å². The fourth-order valence-corrected chi connectivity index (χ4v) is 3.81. The Morgan fingerprint density at radius 3 is 2.37 bits per heavy atom. The first-order chi connectivity index (χ1) is 14.7. The number of likely N-dealkylation sites (tertiary alicyclic amines) is 1. The zero-order valence-electron chi connectivity index (χ0n) is 16.8. The van der Waals surface area contributed by atoms with Crippen LogP contribution in [0.4, 0.5) is 0 Å². The van der Waals surface area contributed by atoms with Crippen LogP contribution in [0.1, 0.15) is 28.9 Å². The first-order valence-corrected chi connectivity index (χ1v) is 10.3. The summed E-state index contributed by atoms with van der Waals surface area (Å²) in [6, 6.07) is 21.6. The van der Waals surface area contributed by atoms with Crippen LogP contribution in [0.2, 0.25) is 0 Å². The second kappa shape index (κ2) is 9.39. The third-order valence-corrected chi connectivity index (χ3v) is 5.53. The predicted octanol–water partition coefficient (Wildman–Crippen LogP) is 3.71. The summed E-state index contributed by atoms with van der Waals surface area (Å²) in [7, 11) is 0. The minimum atomic E-state index is -0.572. The number of ether oxygens (including phenoxy) is 1. The number of aromatic nitrogens is 2. The number of benzene rings is 2. The number of piperidine rings is 1. The van der Waals surface area contributed by atoms with Crippen LogP contribution in [0.25, 0.3) is 11.3 Å². The van der Waals surface area contributed by atoms with Gasteiger partial charge in [-0.25, -0.2) is 4.79 Å². The van der Waals surface area contributed by atoms with E-state index in [9.17, 15) is 9.59 Å². The number of rotatable bonds is 6. The van der Waals surface area contributed by atoms with Crippen molar-refractivity contribution in [1.29, 1.82) is 0 Å². The molecule has 154 valence electrons. The Balaban J connectivity index is 1.23. The van der Waals surface area contributed by atoms with Crippen LogP contribution in [0.3, 0.4) is 0 Å². The summed E-state index contributed by atoms with van der Waals surface area (Å²) >= 11 is 0. The van der Waals surface area contributed by atoms with Crippen LogP contribution in [0.15, 0.2) is 66.7 Å². The predicted molar refractivity (Wildman–Crippen MR) is 114 cm³/mol. The molecule has 1 N–H and O–H groups in total. The normalized spacial score (nSPS) is 14.5. The highest BCUT2D eigenvalue weighted by molar-refractivity contribution is 5.90. The lowest BCUT2D eigenvalue weighted by molar-refractivity contribution is -0.135. The van der Waals surface area contributed by atoms with E-state index in [0.717, 1.165) is 24.8 Å². The van der Waals surface area contributed by atoms with Gasteiger partial charge in [-0.3, -0.25) is 9.89 Å². The molecule has 2 aromatic carbocycles. The lowest BCUT2D eigenvalue weighted by Crippen LogP contribution is -2.41. The molecule has 3 aromatic rings. The van der Waals surface area contributed by atoms with E-state index < -0.39 is 5.97 Å². The molecule has 1 fully saturated rings. The van der Waals surface area contributed by atoms with Crippen molar-refractivity contribution in [3.05, 3.63) is 78.0 Å². The van der Waals surface area contributed by atoms with E-state index >= 15 is 0 Å². The van der Waals surface area contributed by atoms with Gasteiger partial charge in [-0.1, -0.05) is 60.7 Å². The quantitative estimate of drug-likeness (QED) is 0.637. The van der Waals surface area contributed by atoms with Crippen LogP contribution in [-0.4, -0.2) is 46.7 Å². The number of hydrogen-bond donors (Lipinski definition) is 1. The van der Waals surface area contributed by atoms with E-state index in [2.05, 4.69) is 34.5 Å². The van der Waals surface area contributed by atoms with Crippen LogP contribution >= 0.6 is 0 Å². The van der Waals surface area contributed by atoms with Gasteiger partial charge < -0.3 is 9.64 Å². The summed E-state index contributed by atoms with van der Waals surface area (Å²) in [6.45, 7) is 1.16. The number of carbonyl (C=O) groups is 2. The largest absolute Gasteiger partial charge is 0.451 e. The van der Waals surface area contributed by atoms with E-state index in [1.165, 1.54) is 5.56 Å². The Bertz CT molecular complexity index is 977. The molecule has 0 atom stereocenters. The Labute approximate surface area is 175 Å². The van der Waals surface area contributed by atoms with E-state index in [4.69, 9.17) is 4.74 Å². The van der Waals surface area contributed by atoms with E-state index in [1.807, 2.05) is 36.4 Å². The molecule has 6 heteroatoms. The highest BCUT2D eigenvalue weighted by Crippen LogP contribution is 2.22. The third kappa shape index (κ3) is 4.95. The molecule has 0 saturated carbocycles. The SMILES string of the molecule is O=C(OCC(=O)N1CCC(Cc2ccccc2)CC1)c1cc(-c2ccccc2)n[nH]1. The molecule has 6 nitrogen and oxygen atoms in total. The fourth-order valence-electron chi connectivity index (χ4n) is 3.81. The summed E-state index contributed by atoms with van der Waals surface area (Å²) in [5.74, 6) is -0.137. The highest BCUT2D eigenvalue weighted by Gasteiger charge is 2.24. The molecular formula is C24H25N3O3. The molecule has 1 aliphatic heterocycles. The molecule has 0 aliphatic carbocycles. The maximum Gasteiger partial charge on any atom is 0.356 e. The lowest BCUT2D eigenvalue weighted by atomic mass is 9.90. The Morgan fingerprint density at radius 1 is 1.00 bits per heavy atom. The molecule has 1 aromatic heterocycles. The van der Waals surface area contributed by atoms with E-state index in [1.54, 1.807) is 11.0 Å². The molecular weight excluding hydrogens is 378 g/mol. The van der Waals surface area contributed by atoms with Gasteiger partial charge in [-0.2, -0.15) is 5.10 Å². The van der Waals surface area contributed by atoms with Crippen LogP contribution in [0.5, 0.6) is 0 Å². The van der Waals surface area contributed by atoms with Crippen molar-refractivity contribution in [2.24, 2.45) is 5.92 Å². The molecule has 1 saturated heterocycles. The average Bonchev–Trinajstić information content (AvgIpc) is 3.30. The molecule has 0 spiro atoms. The second-order valence-corrected chi connectivity index (χ2v) is 7.62. The van der Waals surface area contributed by atoms with E-state index in [-0.39, 0.29) is 18.2 Å². The minimum absolute atomic E-state index is 0.149. The number of nitrogens with zero attached hydrogens (tertiary/aromatic N) is 2. The van der Waals surface area contributed by atoms with Crippen LogP contribution in [-0.2, 0) is 16.0 Å². The number of nitrogens with one attached hydrogen (secondary N) is 1. The summed E-state index contributed by atoms with van der Waals surface area (Å²) in [5.41, 5.74) is 3.14.